The minimum absolute atomic E-state index is 0.125. The minimum Gasteiger partial charge on any atom is -0.461 e. The molecule has 122 valence electrons. The van der Waals surface area contributed by atoms with Crippen LogP contribution in [0.15, 0.2) is 59.5 Å². The third kappa shape index (κ3) is 5.32. The number of ether oxygens (including phenoxy) is 1. The molecule has 0 radical (unpaired) electrons. The Kier molecular flexibility index (Phi) is 6.53. The van der Waals surface area contributed by atoms with Gasteiger partial charge in [-0.3, -0.25) is 9.00 Å². The lowest BCUT2D eigenvalue weighted by molar-refractivity contribution is -0.150. The molecule has 4 heteroatoms. The summed E-state index contributed by atoms with van der Waals surface area (Å²) in [6.07, 6.45) is 3.09. The van der Waals surface area contributed by atoms with Crippen molar-refractivity contribution < 1.29 is 13.7 Å². The SMILES string of the molecule is CCC(Cc1ccccc1)C(=O)OCc1ccc(S(C)=O)cc1. The lowest BCUT2D eigenvalue weighted by atomic mass is 9.97. The zero-order valence-electron chi connectivity index (χ0n) is 13.5. The van der Waals surface area contributed by atoms with Gasteiger partial charge in [-0.2, -0.15) is 0 Å². The number of benzene rings is 2. The normalized spacial score (nSPS) is 13.3. The molecule has 0 saturated heterocycles. The van der Waals surface area contributed by atoms with Crippen LogP contribution in [0.5, 0.6) is 0 Å². The average molecular weight is 330 g/mol. The summed E-state index contributed by atoms with van der Waals surface area (Å²) in [4.78, 5) is 13.0. The molecule has 2 unspecified atom stereocenters. The highest BCUT2D eigenvalue weighted by Crippen LogP contribution is 2.15. The van der Waals surface area contributed by atoms with Gasteiger partial charge in [-0.15, -0.1) is 0 Å². The van der Waals surface area contributed by atoms with Gasteiger partial charge in [0.1, 0.15) is 6.61 Å². The molecule has 2 aromatic rings. The number of esters is 1. The monoisotopic (exact) mass is 330 g/mol. The summed E-state index contributed by atoms with van der Waals surface area (Å²) in [6.45, 7) is 2.25. The van der Waals surface area contributed by atoms with Crippen LogP contribution in [0.4, 0.5) is 0 Å². The third-order valence-corrected chi connectivity index (χ3v) is 4.72. The van der Waals surface area contributed by atoms with E-state index in [2.05, 4.69) is 0 Å². The second-order valence-corrected chi connectivity index (χ2v) is 6.88. The quantitative estimate of drug-likeness (QED) is 0.727. The third-order valence-electron chi connectivity index (χ3n) is 3.79. The molecule has 2 atom stereocenters. The van der Waals surface area contributed by atoms with Gasteiger partial charge < -0.3 is 4.74 Å². The van der Waals surface area contributed by atoms with Gasteiger partial charge in [-0.05, 0) is 36.1 Å². The molecular formula is C19H22O3S. The molecule has 2 aromatic carbocycles. The van der Waals surface area contributed by atoms with E-state index in [1.54, 1.807) is 18.4 Å². The zero-order chi connectivity index (χ0) is 16.7. The van der Waals surface area contributed by atoms with Crippen LogP contribution in [0, 0.1) is 5.92 Å². The number of rotatable bonds is 7. The largest absolute Gasteiger partial charge is 0.461 e. The van der Waals surface area contributed by atoms with Gasteiger partial charge in [0.25, 0.3) is 0 Å². The summed E-state index contributed by atoms with van der Waals surface area (Å²) in [5.74, 6) is -0.292. The predicted molar refractivity (Wildman–Crippen MR) is 92.5 cm³/mol. The van der Waals surface area contributed by atoms with Crippen LogP contribution in [0.2, 0.25) is 0 Å². The highest BCUT2D eigenvalue weighted by Gasteiger charge is 2.18. The van der Waals surface area contributed by atoms with Crippen molar-refractivity contribution in [3.63, 3.8) is 0 Å². The number of carbonyl (C=O) groups is 1. The maximum absolute atomic E-state index is 12.3. The molecular weight excluding hydrogens is 308 g/mol. The molecule has 0 N–H and O–H groups in total. The first kappa shape index (κ1) is 17.4. The first-order valence-electron chi connectivity index (χ1n) is 7.73. The van der Waals surface area contributed by atoms with E-state index in [1.807, 2.05) is 49.4 Å². The van der Waals surface area contributed by atoms with E-state index in [9.17, 15) is 9.00 Å². The predicted octanol–water partition coefficient (Wildman–Crippen LogP) is 3.74. The van der Waals surface area contributed by atoms with E-state index in [1.165, 1.54) is 0 Å². The summed E-state index contributed by atoms with van der Waals surface area (Å²) >= 11 is 0. The smallest absolute Gasteiger partial charge is 0.309 e. The molecule has 0 aliphatic heterocycles. The fourth-order valence-corrected chi connectivity index (χ4v) is 2.86. The molecule has 0 aliphatic carbocycles. The highest BCUT2D eigenvalue weighted by molar-refractivity contribution is 7.84. The van der Waals surface area contributed by atoms with Gasteiger partial charge in [0, 0.05) is 22.0 Å². The van der Waals surface area contributed by atoms with Crippen LogP contribution in [0.25, 0.3) is 0 Å². The molecule has 0 fully saturated rings. The van der Waals surface area contributed by atoms with E-state index in [0.29, 0.717) is 6.42 Å². The van der Waals surface area contributed by atoms with Gasteiger partial charge in [0.15, 0.2) is 0 Å². The van der Waals surface area contributed by atoms with Gasteiger partial charge in [-0.25, -0.2) is 0 Å². The Morgan fingerprint density at radius 3 is 2.26 bits per heavy atom. The molecule has 0 aromatic heterocycles. The topological polar surface area (TPSA) is 43.4 Å². The van der Waals surface area contributed by atoms with Crippen LogP contribution < -0.4 is 0 Å². The van der Waals surface area contributed by atoms with Crippen molar-refractivity contribution in [2.75, 3.05) is 6.26 Å². The van der Waals surface area contributed by atoms with Gasteiger partial charge in [0.05, 0.1) is 5.92 Å². The van der Waals surface area contributed by atoms with E-state index < -0.39 is 10.8 Å². The fraction of sp³-hybridized carbons (Fsp3) is 0.316. The molecule has 2 rings (SSSR count). The van der Waals surface area contributed by atoms with Crippen molar-refractivity contribution >= 4 is 16.8 Å². The summed E-state index contributed by atoms with van der Waals surface area (Å²) in [7, 11) is -0.989. The number of hydrogen-bond acceptors (Lipinski definition) is 3. The first-order chi connectivity index (χ1) is 11.1. The molecule has 0 aliphatic rings. The van der Waals surface area contributed by atoms with Crippen molar-refractivity contribution in [3.05, 3.63) is 65.7 Å². The molecule has 23 heavy (non-hydrogen) atoms. The molecule has 0 saturated carbocycles. The maximum Gasteiger partial charge on any atom is 0.309 e. The van der Waals surface area contributed by atoms with Gasteiger partial charge in [0.2, 0.25) is 0 Å². The second kappa shape index (κ2) is 8.63. The number of hydrogen-bond donors (Lipinski definition) is 0. The second-order valence-electron chi connectivity index (χ2n) is 5.50. The molecule has 0 amide bonds. The molecule has 3 nitrogen and oxygen atoms in total. The Hall–Kier alpha value is -1.94. The van der Waals surface area contributed by atoms with Crippen molar-refractivity contribution in [3.8, 4) is 0 Å². The van der Waals surface area contributed by atoms with E-state index in [-0.39, 0.29) is 18.5 Å². The standard InChI is InChI=1S/C19H22O3S/c1-3-17(13-15-7-5-4-6-8-15)19(20)22-14-16-9-11-18(12-10-16)23(2)21/h4-12,17H,3,13-14H2,1-2H3. The summed E-state index contributed by atoms with van der Waals surface area (Å²) in [5, 5.41) is 0. The van der Waals surface area contributed by atoms with E-state index in [0.717, 1.165) is 22.4 Å². The summed E-state index contributed by atoms with van der Waals surface area (Å²) < 4.78 is 16.8. The van der Waals surface area contributed by atoms with Crippen LogP contribution in [0.1, 0.15) is 24.5 Å². The van der Waals surface area contributed by atoms with Crippen LogP contribution >= 0.6 is 0 Å². The van der Waals surface area contributed by atoms with Crippen LogP contribution in [-0.2, 0) is 33.4 Å². The Bertz CT molecular complexity index is 650. The summed E-state index contributed by atoms with van der Waals surface area (Å²) in [6, 6.07) is 17.3. The van der Waals surface area contributed by atoms with Gasteiger partial charge >= 0.3 is 5.97 Å². The van der Waals surface area contributed by atoms with Crippen molar-refractivity contribution in [1.82, 2.24) is 0 Å². The van der Waals surface area contributed by atoms with Crippen LogP contribution in [-0.4, -0.2) is 16.4 Å². The minimum atomic E-state index is -0.989. The Labute approximate surface area is 140 Å². The van der Waals surface area contributed by atoms with Crippen LogP contribution in [0.3, 0.4) is 0 Å². The molecule has 0 spiro atoms. The average Bonchev–Trinajstić information content (AvgIpc) is 2.58. The van der Waals surface area contributed by atoms with Crippen molar-refractivity contribution in [2.24, 2.45) is 5.92 Å². The lowest BCUT2D eigenvalue weighted by Crippen LogP contribution is -2.19. The van der Waals surface area contributed by atoms with E-state index >= 15 is 0 Å². The molecule has 0 bridgehead atoms. The fourth-order valence-electron chi connectivity index (χ4n) is 2.34. The van der Waals surface area contributed by atoms with Gasteiger partial charge in [-0.1, -0.05) is 49.4 Å². The Morgan fingerprint density at radius 2 is 1.70 bits per heavy atom. The van der Waals surface area contributed by atoms with Crippen molar-refractivity contribution in [1.29, 1.82) is 0 Å². The van der Waals surface area contributed by atoms with E-state index in [4.69, 9.17) is 4.74 Å². The maximum atomic E-state index is 12.3. The lowest BCUT2D eigenvalue weighted by Gasteiger charge is -2.14. The number of carbonyl (C=O) groups excluding carboxylic acids is 1. The van der Waals surface area contributed by atoms with Crippen molar-refractivity contribution in [2.45, 2.75) is 31.3 Å². The highest BCUT2D eigenvalue weighted by atomic mass is 32.2. The summed E-state index contributed by atoms with van der Waals surface area (Å²) in [5.41, 5.74) is 2.05. The first-order valence-corrected chi connectivity index (χ1v) is 9.29. The molecule has 0 heterocycles. The zero-order valence-corrected chi connectivity index (χ0v) is 14.3. The Morgan fingerprint density at radius 1 is 1.04 bits per heavy atom. The Balaban J connectivity index is 1.90.